The van der Waals surface area contributed by atoms with Gasteiger partial charge in [-0.15, -0.1) is 15.9 Å². The Hall–Kier alpha value is 0.840. The Morgan fingerprint density at radius 2 is 2.27 bits per heavy atom. The van der Waals surface area contributed by atoms with Crippen molar-refractivity contribution in [3.05, 3.63) is 0 Å². The third-order valence-electron chi connectivity index (χ3n) is 1.23. The minimum absolute atomic E-state index is 0.199. The van der Waals surface area contributed by atoms with Gasteiger partial charge in [0.15, 0.2) is 5.38 Å². The average Bonchev–Trinajstić information content (AvgIpc) is 2.17. The van der Waals surface area contributed by atoms with Gasteiger partial charge in [-0.2, -0.15) is 0 Å². The van der Waals surface area contributed by atoms with E-state index in [1.54, 1.807) is 0 Å². The van der Waals surface area contributed by atoms with Gasteiger partial charge in [-0.05, 0) is 0 Å². The number of alkyl halides is 3. The number of hydrogen-bond donors (Lipinski definition) is 0. The van der Waals surface area contributed by atoms with Crippen molar-refractivity contribution in [3.63, 3.8) is 0 Å². The molecule has 7 heteroatoms. The first-order valence-electron chi connectivity index (χ1n) is 2.65. The van der Waals surface area contributed by atoms with E-state index in [0.717, 1.165) is 4.31 Å². The molecular formula is C4H4BrCl2NO2S. The Bertz CT molecular complexity index is 183. The first-order chi connectivity index (χ1) is 5.09. The highest BCUT2D eigenvalue weighted by Crippen LogP contribution is 2.30. The highest BCUT2D eigenvalue weighted by atomic mass is 79.9. The number of hydrogen-bond acceptors (Lipinski definition) is 2. The highest BCUT2D eigenvalue weighted by Gasteiger charge is 2.50. The van der Waals surface area contributed by atoms with Crippen molar-refractivity contribution in [1.82, 2.24) is 4.31 Å². The van der Waals surface area contributed by atoms with Gasteiger partial charge in [0.25, 0.3) is 5.91 Å². The van der Waals surface area contributed by atoms with Crippen LogP contribution in [0.5, 0.6) is 0 Å². The van der Waals surface area contributed by atoms with Crippen LogP contribution in [0.25, 0.3) is 0 Å². The largest absolute Gasteiger partial charge is 0.592 e. The topological polar surface area (TPSA) is 43.4 Å². The Morgan fingerprint density at radius 1 is 1.73 bits per heavy atom. The van der Waals surface area contributed by atoms with Crippen LogP contribution in [0.1, 0.15) is 0 Å². The number of nitrogens with zero attached hydrogens (tertiary/aromatic N) is 1. The van der Waals surface area contributed by atoms with Crippen LogP contribution in [0.4, 0.5) is 0 Å². The predicted octanol–water partition coefficient (Wildman–Crippen LogP) is 1.02. The van der Waals surface area contributed by atoms with Gasteiger partial charge in [-0.1, -0.05) is 27.5 Å². The van der Waals surface area contributed by atoms with Crippen molar-refractivity contribution >= 4 is 56.4 Å². The molecule has 64 valence electrons. The van der Waals surface area contributed by atoms with E-state index in [1.165, 1.54) is 0 Å². The lowest BCUT2D eigenvalue weighted by molar-refractivity contribution is -0.124. The average molecular weight is 281 g/mol. The maximum atomic E-state index is 11.1. The normalized spacial score (nSPS) is 38.4. The lowest BCUT2D eigenvalue weighted by atomic mass is 10.4. The molecule has 3 unspecified atom stereocenters. The smallest absolute Gasteiger partial charge is 0.289 e. The number of amides is 1. The molecular weight excluding hydrogens is 277 g/mol. The summed E-state index contributed by atoms with van der Waals surface area (Å²) in [6.45, 7) is 0. The Labute approximate surface area is 85.5 Å². The van der Waals surface area contributed by atoms with Crippen LogP contribution in [0.15, 0.2) is 0 Å². The number of carbonyl (C=O) groups is 1. The summed E-state index contributed by atoms with van der Waals surface area (Å²) in [6, 6.07) is 0. The lowest BCUT2D eigenvalue weighted by Crippen LogP contribution is -2.29. The molecule has 1 aliphatic heterocycles. The van der Waals surface area contributed by atoms with Crippen LogP contribution in [0.2, 0.25) is 0 Å². The van der Waals surface area contributed by atoms with Gasteiger partial charge >= 0.3 is 0 Å². The molecule has 0 aromatic heterocycles. The van der Waals surface area contributed by atoms with Crippen LogP contribution in [0.3, 0.4) is 0 Å². The van der Waals surface area contributed by atoms with Gasteiger partial charge in [0.05, 0.1) is 11.4 Å². The van der Waals surface area contributed by atoms with Crippen molar-refractivity contribution in [1.29, 1.82) is 0 Å². The number of carbonyl (C=O) groups excluding carboxylic acids is 1. The maximum Gasteiger partial charge on any atom is 0.289 e. The van der Waals surface area contributed by atoms with Crippen molar-refractivity contribution in [3.8, 4) is 0 Å². The molecule has 1 saturated heterocycles. The monoisotopic (exact) mass is 279 g/mol. The molecule has 3 nitrogen and oxygen atoms in total. The third kappa shape index (κ3) is 1.62. The van der Waals surface area contributed by atoms with Crippen LogP contribution in [-0.2, 0) is 16.2 Å². The van der Waals surface area contributed by atoms with E-state index in [2.05, 4.69) is 15.9 Å². The maximum absolute atomic E-state index is 11.1. The summed E-state index contributed by atoms with van der Waals surface area (Å²) in [5.41, 5.74) is 0.199. The molecule has 0 saturated carbocycles. The first kappa shape index (κ1) is 9.92. The second-order valence-corrected chi connectivity index (χ2v) is 5.07. The highest BCUT2D eigenvalue weighted by molar-refractivity contribution is 9.09. The van der Waals surface area contributed by atoms with Gasteiger partial charge in [0.1, 0.15) is 5.45 Å². The van der Waals surface area contributed by atoms with E-state index in [4.69, 9.17) is 23.2 Å². The second-order valence-electron chi connectivity index (χ2n) is 1.87. The van der Waals surface area contributed by atoms with Crippen LogP contribution in [0, 0.1) is 0 Å². The molecule has 1 heterocycles. The summed E-state index contributed by atoms with van der Waals surface area (Å²) in [4.78, 5) is 11.0. The van der Waals surface area contributed by atoms with Crippen LogP contribution in [-0.4, -0.2) is 30.3 Å². The van der Waals surface area contributed by atoms with Crippen molar-refractivity contribution in [2.24, 2.45) is 0 Å². The fourth-order valence-corrected chi connectivity index (χ4v) is 3.31. The Kier molecular flexibility index (Phi) is 3.34. The van der Waals surface area contributed by atoms with Crippen molar-refractivity contribution in [2.75, 3.05) is 5.45 Å². The van der Waals surface area contributed by atoms with Crippen molar-refractivity contribution < 1.29 is 9.35 Å². The molecule has 0 aromatic carbocycles. The molecule has 3 atom stereocenters. The lowest BCUT2D eigenvalue weighted by Gasteiger charge is -2.13. The van der Waals surface area contributed by atoms with E-state index in [-0.39, 0.29) is 11.4 Å². The minimum Gasteiger partial charge on any atom is -0.592 e. The Morgan fingerprint density at radius 3 is 2.45 bits per heavy atom. The summed E-state index contributed by atoms with van der Waals surface area (Å²) >= 11 is 12.6. The van der Waals surface area contributed by atoms with E-state index in [9.17, 15) is 9.35 Å². The van der Waals surface area contributed by atoms with Gasteiger partial charge in [0.2, 0.25) is 4.71 Å². The summed E-state index contributed by atoms with van der Waals surface area (Å²) in [5.74, 6) is -0.387. The molecule has 0 aliphatic carbocycles. The predicted molar refractivity (Wildman–Crippen MR) is 48.1 cm³/mol. The minimum atomic E-state index is -1.50. The van der Waals surface area contributed by atoms with E-state index in [0.29, 0.717) is 0 Å². The van der Waals surface area contributed by atoms with E-state index < -0.39 is 21.4 Å². The summed E-state index contributed by atoms with van der Waals surface area (Å²) in [5, 5.41) is -0.866. The van der Waals surface area contributed by atoms with Crippen LogP contribution >= 0.6 is 39.1 Å². The molecule has 0 spiro atoms. The molecule has 0 bridgehead atoms. The zero-order valence-corrected chi connectivity index (χ0v) is 9.08. The van der Waals surface area contributed by atoms with Gasteiger partial charge < -0.3 is 4.55 Å². The quantitative estimate of drug-likeness (QED) is 0.409. The Balaban J connectivity index is 2.77. The van der Waals surface area contributed by atoms with Gasteiger partial charge in [-0.3, -0.25) is 4.79 Å². The zero-order valence-electron chi connectivity index (χ0n) is 5.17. The number of rotatable bonds is 1. The van der Waals surface area contributed by atoms with E-state index >= 15 is 0 Å². The summed E-state index contributed by atoms with van der Waals surface area (Å²) < 4.78 is 11.4. The van der Waals surface area contributed by atoms with Gasteiger partial charge in [0, 0.05) is 0 Å². The first-order valence-corrected chi connectivity index (χ1v) is 5.82. The number of halogens is 3. The molecule has 1 amide bonds. The molecule has 0 aromatic rings. The molecule has 0 radical (unpaired) electrons. The van der Waals surface area contributed by atoms with Gasteiger partial charge in [-0.25, -0.2) is 0 Å². The fourth-order valence-electron chi connectivity index (χ4n) is 0.669. The summed E-state index contributed by atoms with van der Waals surface area (Å²) in [6.07, 6.45) is 0. The second kappa shape index (κ2) is 3.70. The zero-order chi connectivity index (χ0) is 8.59. The molecule has 11 heavy (non-hydrogen) atoms. The third-order valence-corrected chi connectivity index (χ3v) is 4.89. The SMILES string of the molecule is O=C1C(Cl)C(Cl)[S+]([O-])N1CBr. The van der Waals surface area contributed by atoms with Crippen LogP contribution < -0.4 is 0 Å². The fraction of sp³-hybridized carbons (Fsp3) is 0.750. The molecule has 0 N–H and O–H groups in total. The standard InChI is InChI=1S/C4H4BrCl2NO2S/c5-1-8-4(9)2(6)3(7)11(8)10/h2-3H,1H2. The van der Waals surface area contributed by atoms with Crippen molar-refractivity contribution in [2.45, 2.75) is 10.1 Å². The van der Waals surface area contributed by atoms with E-state index in [1.807, 2.05) is 0 Å². The molecule has 1 fully saturated rings. The molecule has 1 aliphatic rings. The molecule has 1 rings (SSSR count). The summed E-state index contributed by atoms with van der Waals surface area (Å²) in [7, 11) is 0.